The van der Waals surface area contributed by atoms with Crippen LogP contribution in [0.1, 0.15) is 12.5 Å². The zero-order valence-electron chi connectivity index (χ0n) is 11.1. The van der Waals surface area contributed by atoms with Crippen molar-refractivity contribution in [3.05, 3.63) is 29.8 Å². The van der Waals surface area contributed by atoms with E-state index in [1.165, 1.54) is 6.07 Å². The van der Waals surface area contributed by atoms with Gasteiger partial charge in [-0.1, -0.05) is 24.3 Å². The number of aliphatic carboxylic acids is 1. The van der Waals surface area contributed by atoms with Crippen LogP contribution in [-0.4, -0.2) is 43.5 Å². The van der Waals surface area contributed by atoms with Gasteiger partial charge >= 0.3 is 17.1 Å². The molecule has 0 saturated carbocycles. The molecular weight excluding hydrogens is 312 g/mol. The molecule has 0 spiro atoms. The first-order valence-electron chi connectivity index (χ1n) is 5.83. The van der Waals surface area contributed by atoms with Crippen LogP contribution in [0.3, 0.4) is 0 Å². The summed E-state index contributed by atoms with van der Waals surface area (Å²) >= 11 is 0. The second-order valence-corrected chi connectivity index (χ2v) is 3.54. The van der Waals surface area contributed by atoms with Crippen molar-refractivity contribution in [1.82, 2.24) is 5.32 Å². The van der Waals surface area contributed by atoms with E-state index in [4.69, 9.17) is 15.0 Å². The van der Waals surface area contributed by atoms with E-state index in [1.807, 2.05) is 6.07 Å². The van der Waals surface area contributed by atoms with E-state index in [-0.39, 0.29) is 29.4 Å². The number of hydrogen-bond acceptors (Lipinski definition) is 6. The number of aliphatic hydroxyl groups excluding tert-OH is 1. The first kappa shape index (κ1) is 20.9. The van der Waals surface area contributed by atoms with Gasteiger partial charge in [-0.25, -0.2) is 0 Å². The van der Waals surface area contributed by atoms with Crippen molar-refractivity contribution in [2.24, 2.45) is 4.99 Å². The fourth-order valence-corrected chi connectivity index (χ4v) is 1.10. The fraction of sp³-hybridized carbons (Fsp3) is 0.385. The summed E-state index contributed by atoms with van der Waals surface area (Å²) in [5.41, 5.74) is 0.611. The van der Waals surface area contributed by atoms with E-state index in [9.17, 15) is 5.11 Å². The average Bonchev–Trinajstić information content (AvgIpc) is 2.35. The number of nitrogens with zero attached hydrogens (tertiary/aromatic N) is 1. The summed E-state index contributed by atoms with van der Waals surface area (Å²) in [6.07, 6.45) is 1.59. The Morgan fingerprint density at radius 1 is 1.40 bits per heavy atom. The molecule has 0 saturated heterocycles. The molecule has 1 radical (unpaired) electrons. The van der Waals surface area contributed by atoms with Crippen LogP contribution in [0.2, 0.25) is 0 Å². The predicted molar refractivity (Wildman–Crippen MR) is 69.0 cm³/mol. The Hall–Kier alpha value is -1.40. The molecule has 0 amide bonds. The number of carboxylic acids is 1. The van der Waals surface area contributed by atoms with Crippen molar-refractivity contribution in [3.8, 4) is 5.75 Å². The smallest absolute Gasteiger partial charge is 0.872 e. The molecule has 1 aromatic carbocycles. The summed E-state index contributed by atoms with van der Waals surface area (Å²) in [7, 11) is 0. The number of nitrogens with one attached hydrogen (secondary N) is 1. The first-order chi connectivity index (χ1) is 9.07. The molecule has 0 aliphatic rings. The Kier molecular flexibility index (Phi) is 14.7. The number of carboxylic acid groups (broad SMARTS) is 1. The van der Waals surface area contributed by atoms with Gasteiger partial charge in [-0.05, 0) is 12.5 Å². The fourth-order valence-electron chi connectivity index (χ4n) is 1.10. The molecule has 7 heteroatoms. The average molecular weight is 330 g/mol. The summed E-state index contributed by atoms with van der Waals surface area (Å²) < 4.78 is 0. The van der Waals surface area contributed by atoms with Gasteiger partial charge in [0.15, 0.2) is 0 Å². The maximum Gasteiger partial charge on any atom is 2.00 e. The zero-order chi connectivity index (χ0) is 14.5. The van der Waals surface area contributed by atoms with Crippen molar-refractivity contribution in [2.75, 3.05) is 26.2 Å². The van der Waals surface area contributed by atoms with Crippen LogP contribution in [0.15, 0.2) is 29.3 Å². The number of rotatable bonds is 6. The van der Waals surface area contributed by atoms with Gasteiger partial charge in [0.2, 0.25) is 0 Å². The largest absolute Gasteiger partial charge is 2.00 e. The van der Waals surface area contributed by atoms with Gasteiger partial charge in [-0.3, -0.25) is 4.99 Å². The van der Waals surface area contributed by atoms with Crippen molar-refractivity contribution in [1.29, 1.82) is 0 Å². The van der Waals surface area contributed by atoms with E-state index in [0.717, 1.165) is 6.92 Å². The Balaban J connectivity index is 0. The molecule has 2 N–H and O–H groups in total. The van der Waals surface area contributed by atoms with Crippen LogP contribution in [0.25, 0.3) is 0 Å². The van der Waals surface area contributed by atoms with E-state index in [2.05, 4.69) is 10.3 Å². The van der Waals surface area contributed by atoms with Crippen LogP contribution in [0.4, 0.5) is 0 Å². The molecule has 0 heterocycles. The maximum absolute atomic E-state index is 11.2. The third-order valence-corrected chi connectivity index (χ3v) is 1.86. The van der Waals surface area contributed by atoms with Gasteiger partial charge in [-0.2, -0.15) is 0 Å². The second-order valence-electron chi connectivity index (χ2n) is 3.54. The van der Waals surface area contributed by atoms with Gasteiger partial charge in [0.1, 0.15) is 0 Å². The molecule has 6 nitrogen and oxygen atoms in total. The summed E-state index contributed by atoms with van der Waals surface area (Å²) in [6, 6.07) is 6.79. The molecule has 0 aromatic heterocycles. The number of benzene rings is 1. The van der Waals surface area contributed by atoms with E-state index < -0.39 is 5.97 Å². The number of aliphatic imine (C=N–C) groups is 1. The predicted octanol–water partition coefficient (Wildman–Crippen LogP) is -1.49. The standard InChI is InChI=1S/C11H16N2O2.C2H4O2.Cu/c14-8-7-12-5-6-13-9-10-3-1-2-4-11(10)15;1-2(3)4;/h1-4,9,12,14-15H,5-8H2;1H3,(H,3,4);/q;;+2/p-2. The minimum atomic E-state index is -1.08. The minimum absolute atomic E-state index is 0. The van der Waals surface area contributed by atoms with Crippen molar-refractivity contribution < 1.29 is 37.2 Å². The normalized spacial score (nSPS) is 9.50. The van der Waals surface area contributed by atoms with Gasteiger partial charge in [0, 0.05) is 25.3 Å². The van der Waals surface area contributed by atoms with Crippen LogP contribution < -0.4 is 15.5 Å². The molecule has 0 aliphatic heterocycles. The Morgan fingerprint density at radius 2 is 2.00 bits per heavy atom. The summed E-state index contributed by atoms with van der Waals surface area (Å²) in [5.74, 6) is -1.09. The van der Waals surface area contributed by atoms with Crippen molar-refractivity contribution in [3.63, 3.8) is 0 Å². The molecule has 1 aromatic rings. The summed E-state index contributed by atoms with van der Waals surface area (Å²) in [4.78, 5) is 13.0. The monoisotopic (exact) mass is 329 g/mol. The Labute approximate surface area is 129 Å². The zero-order valence-corrected chi connectivity index (χ0v) is 12.1. The van der Waals surface area contributed by atoms with Crippen LogP contribution in [0, 0.1) is 0 Å². The van der Waals surface area contributed by atoms with Gasteiger partial charge < -0.3 is 25.4 Å². The van der Waals surface area contributed by atoms with Crippen molar-refractivity contribution in [2.45, 2.75) is 6.92 Å². The summed E-state index contributed by atoms with van der Waals surface area (Å²) in [5, 5.41) is 31.6. The third kappa shape index (κ3) is 13.0. The van der Waals surface area contributed by atoms with Crippen molar-refractivity contribution >= 4 is 12.2 Å². The topological polar surface area (TPSA) is 108 Å². The van der Waals surface area contributed by atoms with E-state index in [0.29, 0.717) is 25.2 Å². The third-order valence-electron chi connectivity index (χ3n) is 1.86. The van der Waals surface area contributed by atoms with Gasteiger partial charge in [0.25, 0.3) is 0 Å². The van der Waals surface area contributed by atoms with Gasteiger partial charge in [-0.15, -0.1) is 5.75 Å². The van der Waals surface area contributed by atoms with Crippen LogP contribution >= 0.6 is 0 Å². The number of carbonyl (C=O) groups excluding carboxylic acids is 1. The molecule has 0 atom stereocenters. The van der Waals surface area contributed by atoms with Crippen LogP contribution in [-0.2, 0) is 21.9 Å². The first-order valence-corrected chi connectivity index (χ1v) is 5.83. The molecule has 1 rings (SSSR count). The molecule has 0 fully saturated rings. The molecule has 115 valence electrons. The molecular formula is C13H18CuN2O4. The second kappa shape index (κ2) is 14.0. The number of carbonyl (C=O) groups is 1. The van der Waals surface area contributed by atoms with Crippen LogP contribution in [0.5, 0.6) is 5.75 Å². The Morgan fingerprint density at radius 3 is 2.55 bits per heavy atom. The quantitative estimate of drug-likeness (QED) is 0.376. The SMILES string of the molecule is CC(=O)[O-].[Cu+2].[O-]c1ccccc1C=NCCNCCO. The molecule has 20 heavy (non-hydrogen) atoms. The number of hydrogen-bond donors (Lipinski definition) is 2. The number of aliphatic hydroxyl groups is 1. The number of para-hydroxylation sites is 1. The molecule has 0 bridgehead atoms. The van der Waals surface area contributed by atoms with Gasteiger partial charge in [0.05, 0.1) is 13.2 Å². The minimum Gasteiger partial charge on any atom is -0.872 e. The maximum atomic E-state index is 11.2. The van der Waals surface area contributed by atoms with E-state index >= 15 is 0 Å². The molecule has 0 unspecified atom stereocenters. The summed E-state index contributed by atoms with van der Waals surface area (Å²) in [6.45, 7) is 2.99. The molecule has 0 aliphatic carbocycles. The van der Waals surface area contributed by atoms with E-state index in [1.54, 1.807) is 18.3 Å². The Bertz CT molecular complexity index is 396.